The number of rotatable bonds is 3. The molecule has 0 fully saturated rings. The minimum absolute atomic E-state index is 0.101. The third kappa shape index (κ3) is 5.07. The number of nitrogens with one attached hydrogen (secondary N) is 1. The van der Waals surface area contributed by atoms with E-state index in [1.54, 1.807) is 6.20 Å². The molecule has 1 heterocycles. The zero-order valence-corrected chi connectivity index (χ0v) is 18.6. The standard InChI is InChI=1S/C24H28ClN3O/c1-23(2,3)27-22(29)19-14-17(16-7-9-20(25)10-8-16)13-18(15-19)21-11-12-26-28(21)24(4,5)6/h7-15H,1-6H3,(H,27,29). The van der Waals surface area contributed by atoms with Crippen LogP contribution in [0.3, 0.4) is 0 Å². The van der Waals surface area contributed by atoms with Crippen LogP contribution in [-0.4, -0.2) is 21.2 Å². The lowest BCUT2D eigenvalue weighted by molar-refractivity contribution is 0.0919. The predicted molar refractivity (Wildman–Crippen MR) is 120 cm³/mol. The van der Waals surface area contributed by atoms with Crippen molar-refractivity contribution in [3.05, 3.63) is 65.3 Å². The fourth-order valence-electron chi connectivity index (χ4n) is 3.18. The summed E-state index contributed by atoms with van der Waals surface area (Å²) in [6.45, 7) is 12.3. The van der Waals surface area contributed by atoms with Crippen LogP contribution in [0.15, 0.2) is 54.7 Å². The first-order chi connectivity index (χ1) is 13.4. The van der Waals surface area contributed by atoms with Crippen molar-refractivity contribution in [2.75, 3.05) is 0 Å². The van der Waals surface area contributed by atoms with Crippen LogP contribution in [0.2, 0.25) is 5.02 Å². The fourth-order valence-corrected chi connectivity index (χ4v) is 3.31. The molecule has 152 valence electrons. The van der Waals surface area contributed by atoms with Crippen LogP contribution in [-0.2, 0) is 5.54 Å². The molecule has 2 aromatic carbocycles. The van der Waals surface area contributed by atoms with Gasteiger partial charge in [0.15, 0.2) is 0 Å². The highest BCUT2D eigenvalue weighted by atomic mass is 35.5. The Hall–Kier alpha value is -2.59. The molecule has 29 heavy (non-hydrogen) atoms. The first-order valence-corrected chi connectivity index (χ1v) is 10.1. The maximum Gasteiger partial charge on any atom is 0.251 e. The SMILES string of the molecule is CC(C)(C)NC(=O)c1cc(-c2ccc(Cl)cc2)cc(-c2ccnn2C(C)(C)C)c1. The largest absolute Gasteiger partial charge is 0.347 e. The van der Waals surface area contributed by atoms with Gasteiger partial charge >= 0.3 is 0 Å². The van der Waals surface area contributed by atoms with E-state index < -0.39 is 0 Å². The lowest BCUT2D eigenvalue weighted by atomic mass is 9.96. The number of aromatic nitrogens is 2. The van der Waals surface area contributed by atoms with Gasteiger partial charge in [0.2, 0.25) is 0 Å². The summed E-state index contributed by atoms with van der Waals surface area (Å²) in [5.41, 5.74) is 4.00. The summed E-state index contributed by atoms with van der Waals surface area (Å²) in [6, 6.07) is 15.6. The summed E-state index contributed by atoms with van der Waals surface area (Å²) in [7, 11) is 0. The highest BCUT2D eigenvalue weighted by molar-refractivity contribution is 6.30. The maximum atomic E-state index is 12.9. The zero-order valence-electron chi connectivity index (χ0n) is 17.9. The molecular formula is C24H28ClN3O. The van der Waals surface area contributed by atoms with Crippen LogP contribution in [0.5, 0.6) is 0 Å². The van der Waals surface area contributed by atoms with Crippen molar-refractivity contribution in [2.45, 2.75) is 52.6 Å². The lowest BCUT2D eigenvalue weighted by Gasteiger charge is -2.23. The van der Waals surface area contributed by atoms with Crippen molar-refractivity contribution in [1.29, 1.82) is 0 Å². The van der Waals surface area contributed by atoms with E-state index in [-0.39, 0.29) is 17.0 Å². The Morgan fingerprint density at radius 1 is 0.897 bits per heavy atom. The minimum Gasteiger partial charge on any atom is -0.347 e. The Bertz CT molecular complexity index is 1020. The van der Waals surface area contributed by atoms with E-state index >= 15 is 0 Å². The summed E-state index contributed by atoms with van der Waals surface area (Å²) >= 11 is 6.06. The van der Waals surface area contributed by atoms with E-state index in [9.17, 15) is 4.79 Å². The van der Waals surface area contributed by atoms with Crippen molar-refractivity contribution in [3.63, 3.8) is 0 Å². The number of benzene rings is 2. The molecule has 4 nitrogen and oxygen atoms in total. The van der Waals surface area contributed by atoms with Crippen molar-refractivity contribution in [1.82, 2.24) is 15.1 Å². The zero-order chi connectivity index (χ0) is 21.4. The van der Waals surface area contributed by atoms with E-state index in [1.807, 2.05) is 67.9 Å². The van der Waals surface area contributed by atoms with Crippen LogP contribution < -0.4 is 5.32 Å². The first-order valence-electron chi connectivity index (χ1n) is 9.72. The summed E-state index contributed by atoms with van der Waals surface area (Å²) in [6.07, 6.45) is 1.80. The molecule has 3 rings (SSSR count). The average molecular weight is 410 g/mol. The Morgan fingerprint density at radius 3 is 2.10 bits per heavy atom. The Kier molecular flexibility index (Phi) is 5.59. The highest BCUT2D eigenvalue weighted by Crippen LogP contribution is 2.31. The van der Waals surface area contributed by atoms with E-state index in [1.165, 1.54) is 0 Å². The lowest BCUT2D eigenvalue weighted by Crippen LogP contribution is -2.40. The van der Waals surface area contributed by atoms with Gasteiger partial charge in [-0.25, -0.2) is 0 Å². The van der Waals surface area contributed by atoms with Gasteiger partial charge < -0.3 is 5.32 Å². The van der Waals surface area contributed by atoms with Crippen LogP contribution in [0.4, 0.5) is 0 Å². The summed E-state index contributed by atoms with van der Waals surface area (Å²) < 4.78 is 1.99. The van der Waals surface area contributed by atoms with Crippen molar-refractivity contribution in [2.24, 2.45) is 0 Å². The average Bonchev–Trinajstić information content (AvgIpc) is 3.11. The molecule has 0 aliphatic rings. The normalized spacial score (nSPS) is 12.1. The molecule has 0 aliphatic carbocycles. The number of halogens is 1. The van der Waals surface area contributed by atoms with E-state index in [2.05, 4.69) is 37.3 Å². The van der Waals surface area contributed by atoms with Gasteiger partial charge in [0.1, 0.15) is 0 Å². The molecule has 0 bridgehead atoms. The Balaban J connectivity index is 2.17. The monoisotopic (exact) mass is 409 g/mol. The van der Waals surface area contributed by atoms with Gasteiger partial charge in [-0.3, -0.25) is 9.48 Å². The number of carbonyl (C=O) groups is 1. The Morgan fingerprint density at radius 2 is 1.52 bits per heavy atom. The number of hydrogen-bond donors (Lipinski definition) is 1. The van der Waals surface area contributed by atoms with Gasteiger partial charge in [0.25, 0.3) is 5.91 Å². The van der Waals surface area contributed by atoms with Gasteiger partial charge in [-0.2, -0.15) is 5.10 Å². The van der Waals surface area contributed by atoms with Crippen molar-refractivity contribution in [3.8, 4) is 22.4 Å². The molecule has 0 unspecified atom stereocenters. The molecule has 0 saturated heterocycles. The molecule has 1 amide bonds. The number of carbonyl (C=O) groups excluding carboxylic acids is 1. The molecule has 0 spiro atoms. The van der Waals surface area contributed by atoms with Crippen LogP contribution in [0, 0.1) is 0 Å². The van der Waals surface area contributed by atoms with E-state index in [0.717, 1.165) is 22.4 Å². The van der Waals surface area contributed by atoms with Crippen molar-refractivity contribution >= 4 is 17.5 Å². The highest BCUT2D eigenvalue weighted by Gasteiger charge is 2.21. The van der Waals surface area contributed by atoms with Gasteiger partial charge in [-0.1, -0.05) is 23.7 Å². The molecule has 5 heteroatoms. The summed E-state index contributed by atoms with van der Waals surface area (Å²) in [4.78, 5) is 12.9. The van der Waals surface area contributed by atoms with Gasteiger partial charge in [-0.05, 0) is 89.1 Å². The molecule has 0 saturated carbocycles. The fraction of sp³-hybridized carbons (Fsp3) is 0.333. The number of hydrogen-bond acceptors (Lipinski definition) is 2. The number of nitrogens with zero attached hydrogens (tertiary/aromatic N) is 2. The topological polar surface area (TPSA) is 46.9 Å². The second kappa shape index (κ2) is 7.68. The van der Waals surface area contributed by atoms with Crippen LogP contribution in [0.25, 0.3) is 22.4 Å². The minimum atomic E-state index is -0.319. The third-order valence-electron chi connectivity index (χ3n) is 4.44. The molecule has 0 radical (unpaired) electrons. The summed E-state index contributed by atoms with van der Waals surface area (Å²) in [5, 5.41) is 8.25. The first kappa shape index (κ1) is 21.1. The third-order valence-corrected chi connectivity index (χ3v) is 4.69. The smallest absolute Gasteiger partial charge is 0.251 e. The van der Waals surface area contributed by atoms with Gasteiger partial charge in [0.05, 0.1) is 11.2 Å². The number of amides is 1. The van der Waals surface area contributed by atoms with Crippen LogP contribution in [0.1, 0.15) is 51.9 Å². The Labute approximate surface area is 177 Å². The van der Waals surface area contributed by atoms with Gasteiger partial charge in [0, 0.05) is 27.9 Å². The second-order valence-electron chi connectivity index (χ2n) is 9.31. The van der Waals surface area contributed by atoms with Crippen LogP contribution >= 0.6 is 11.6 Å². The second-order valence-corrected chi connectivity index (χ2v) is 9.75. The van der Waals surface area contributed by atoms with E-state index in [0.29, 0.717) is 10.6 Å². The van der Waals surface area contributed by atoms with Gasteiger partial charge in [-0.15, -0.1) is 0 Å². The molecule has 1 N–H and O–H groups in total. The summed E-state index contributed by atoms with van der Waals surface area (Å²) in [5.74, 6) is -0.101. The quantitative estimate of drug-likeness (QED) is 0.563. The van der Waals surface area contributed by atoms with E-state index in [4.69, 9.17) is 11.6 Å². The predicted octanol–water partition coefficient (Wildman–Crippen LogP) is 6.15. The molecular weight excluding hydrogens is 382 g/mol. The maximum absolute atomic E-state index is 12.9. The van der Waals surface area contributed by atoms with Crippen molar-refractivity contribution < 1.29 is 4.79 Å². The molecule has 3 aromatic rings. The molecule has 1 aromatic heterocycles. The molecule has 0 atom stereocenters. The molecule has 0 aliphatic heterocycles.